The molecule has 0 radical (unpaired) electrons. The molecule has 9 heteroatoms. The molecule has 154 valence electrons. The van der Waals surface area contributed by atoms with E-state index < -0.39 is 12.0 Å². The van der Waals surface area contributed by atoms with Crippen LogP contribution in [0.15, 0.2) is 42.7 Å². The van der Waals surface area contributed by atoms with Crippen LogP contribution in [0.2, 0.25) is 0 Å². The van der Waals surface area contributed by atoms with Crippen molar-refractivity contribution in [1.82, 2.24) is 19.7 Å². The Kier molecular flexibility index (Phi) is 4.66. The summed E-state index contributed by atoms with van der Waals surface area (Å²) in [7, 11) is 0. The molecule has 0 saturated heterocycles. The molecule has 3 aromatic rings. The Bertz CT molecular complexity index is 1080. The molecule has 1 aliphatic heterocycles. The summed E-state index contributed by atoms with van der Waals surface area (Å²) in [6.07, 6.45) is 6.22. The van der Waals surface area contributed by atoms with Crippen molar-refractivity contribution in [2.75, 3.05) is 16.8 Å². The average molecular weight is 408 g/mol. The molecule has 1 atom stereocenters. The first-order chi connectivity index (χ1) is 14.6. The zero-order chi connectivity index (χ0) is 20.7. The van der Waals surface area contributed by atoms with E-state index in [1.807, 2.05) is 6.07 Å². The van der Waals surface area contributed by atoms with Gasteiger partial charge in [0.15, 0.2) is 6.23 Å². The Labute approximate surface area is 172 Å². The molecular weight excluding hydrogens is 387 g/mol. The lowest BCUT2D eigenvalue weighted by atomic mass is 10.0. The quantitative estimate of drug-likeness (QED) is 0.689. The van der Waals surface area contributed by atoms with Gasteiger partial charge in [-0.05, 0) is 37.1 Å². The van der Waals surface area contributed by atoms with Gasteiger partial charge in [-0.3, -0.25) is 4.79 Å². The van der Waals surface area contributed by atoms with Crippen LogP contribution in [0.5, 0.6) is 0 Å². The van der Waals surface area contributed by atoms with E-state index in [-0.39, 0.29) is 18.3 Å². The molecule has 1 fully saturated rings. The van der Waals surface area contributed by atoms with Crippen LogP contribution in [0.3, 0.4) is 0 Å². The summed E-state index contributed by atoms with van der Waals surface area (Å²) in [6.45, 7) is -0.0500. The number of pyridine rings is 2. The second-order valence-electron chi connectivity index (χ2n) is 7.64. The Hall–Kier alpha value is -3.33. The van der Waals surface area contributed by atoms with Crippen LogP contribution in [0, 0.1) is 5.82 Å². The third-order valence-electron chi connectivity index (χ3n) is 5.66. The van der Waals surface area contributed by atoms with Crippen LogP contribution >= 0.6 is 0 Å². The highest BCUT2D eigenvalue weighted by atomic mass is 19.1. The summed E-state index contributed by atoms with van der Waals surface area (Å²) in [6, 6.07) is 8.11. The standard InChI is InChI=1S/C21H21FN6O2/c22-14-7-8-17(24-11-14)25-18(29)12-27-19-10-16(13-4-1-2-5-13)26-28(19)21(30)15-6-3-9-23-20(15)27/h3,6-11,13,21,30H,1-2,4-5,12H2,(H,24,25,29). The first kappa shape index (κ1) is 18.7. The molecule has 4 heterocycles. The molecule has 1 amide bonds. The molecule has 3 aromatic heterocycles. The lowest BCUT2D eigenvalue weighted by Crippen LogP contribution is -2.36. The van der Waals surface area contributed by atoms with Gasteiger partial charge in [0, 0.05) is 23.7 Å². The summed E-state index contributed by atoms with van der Waals surface area (Å²) in [4.78, 5) is 22.7. The predicted octanol–water partition coefficient (Wildman–Crippen LogP) is 3.10. The summed E-state index contributed by atoms with van der Waals surface area (Å²) in [5.74, 6) is 0.956. The van der Waals surface area contributed by atoms with Crippen molar-refractivity contribution in [3.05, 3.63) is 59.8 Å². The Morgan fingerprint density at radius 3 is 2.83 bits per heavy atom. The van der Waals surface area contributed by atoms with E-state index >= 15 is 0 Å². The number of fused-ring (bicyclic) bond motifs is 2. The van der Waals surface area contributed by atoms with Crippen LogP contribution in [0.25, 0.3) is 0 Å². The maximum Gasteiger partial charge on any atom is 0.245 e. The fourth-order valence-electron chi connectivity index (χ4n) is 4.21. The van der Waals surface area contributed by atoms with Gasteiger partial charge in [-0.1, -0.05) is 12.8 Å². The Morgan fingerprint density at radius 2 is 2.07 bits per heavy atom. The van der Waals surface area contributed by atoms with Crippen LogP contribution in [-0.2, 0) is 4.79 Å². The largest absolute Gasteiger partial charge is 0.368 e. The number of nitrogens with one attached hydrogen (secondary N) is 1. The number of amides is 1. The summed E-state index contributed by atoms with van der Waals surface area (Å²) >= 11 is 0. The molecule has 0 spiro atoms. The zero-order valence-corrected chi connectivity index (χ0v) is 16.2. The first-order valence-electron chi connectivity index (χ1n) is 10.0. The molecule has 1 aliphatic carbocycles. The molecule has 2 N–H and O–H groups in total. The van der Waals surface area contributed by atoms with Crippen LogP contribution in [-0.4, -0.2) is 37.3 Å². The summed E-state index contributed by atoms with van der Waals surface area (Å²) < 4.78 is 14.6. The van der Waals surface area contributed by atoms with Crippen molar-refractivity contribution < 1.29 is 14.3 Å². The smallest absolute Gasteiger partial charge is 0.245 e. The number of aliphatic hydroxyl groups excluding tert-OH is 1. The van der Waals surface area contributed by atoms with Crippen LogP contribution in [0.1, 0.15) is 49.1 Å². The number of aromatic nitrogens is 4. The summed E-state index contributed by atoms with van der Waals surface area (Å²) in [5.41, 5.74) is 1.51. The van der Waals surface area contributed by atoms with Crippen molar-refractivity contribution >= 4 is 23.4 Å². The molecule has 5 rings (SSSR count). The number of hydrogen-bond donors (Lipinski definition) is 2. The fraction of sp³-hybridized carbons (Fsp3) is 0.333. The van der Waals surface area contributed by atoms with Gasteiger partial charge in [-0.25, -0.2) is 19.0 Å². The maximum absolute atomic E-state index is 13.1. The number of carbonyl (C=O) groups is 1. The maximum atomic E-state index is 13.1. The van der Waals surface area contributed by atoms with Crippen molar-refractivity contribution in [2.45, 2.75) is 37.8 Å². The second kappa shape index (κ2) is 7.49. The predicted molar refractivity (Wildman–Crippen MR) is 108 cm³/mol. The van der Waals surface area contributed by atoms with Gasteiger partial charge in [0.1, 0.15) is 29.8 Å². The highest BCUT2D eigenvalue weighted by molar-refractivity contribution is 5.94. The highest BCUT2D eigenvalue weighted by Gasteiger charge is 2.34. The highest BCUT2D eigenvalue weighted by Crippen LogP contribution is 2.41. The molecular formula is C21H21FN6O2. The molecule has 0 bridgehead atoms. The van der Waals surface area contributed by atoms with E-state index in [1.54, 1.807) is 27.9 Å². The molecule has 0 aromatic carbocycles. The van der Waals surface area contributed by atoms with Gasteiger partial charge < -0.3 is 15.3 Å². The van der Waals surface area contributed by atoms with Gasteiger partial charge in [0.2, 0.25) is 5.91 Å². The van der Waals surface area contributed by atoms with Crippen molar-refractivity contribution in [3.8, 4) is 0 Å². The zero-order valence-electron chi connectivity index (χ0n) is 16.2. The number of nitrogens with zero attached hydrogens (tertiary/aromatic N) is 5. The Balaban J connectivity index is 1.47. The number of carbonyl (C=O) groups excluding carboxylic acids is 1. The van der Waals surface area contributed by atoms with Gasteiger partial charge >= 0.3 is 0 Å². The van der Waals surface area contributed by atoms with E-state index in [4.69, 9.17) is 0 Å². The van der Waals surface area contributed by atoms with Crippen molar-refractivity contribution in [3.63, 3.8) is 0 Å². The lowest BCUT2D eigenvalue weighted by molar-refractivity contribution is -0.114. The number of halogens is 1. The number of aliphatic hydroxyl groups is 1. The number of anilines is 3. The number of hydrogen-bond acceptors (Lipinski definition) is 6. The van der Waals surface area contributed by atoms with Crippen LogP contribution in [0.4, 0.5) is 21.8 Å². The molecule has 30 heavy (non-hydrogen) atoms. The van der Waals surface area contributed by atoms with E-state index in [9.17, 15) is 14.3 Å². The average Bonchev–Trinajstić information content (AvgIpc) is 3.43. The lowest BCUT2D eigenvalue weighted by Gasteiger charge is -2.32. The van der Waals surface area contributed by atoms with E-state index in [0.29, 0.717) is 23.1 Å². The topological polar surface area (TPSA) is 96.2 Å². The third kappa shape index (κ3) is 3.30. The number of rotatable bonds is 4. The van der Waals surface area contributed by atoms with Gasteiger partial charge in [-0.2, -0.15) is 5.10 Å². The molecule has 1 unspecified atom stereocenters. The van der Waals surface area contributed by atoms with Crippen molar-refractivity contribution in [1.29, 1.82) is 0 Å². The normalized spacial score (nSPS) is 18.2. The molecule has 1 saturated carbocycles. The second-order valence-corrected chi connectivity index (χ2v) is 7.64. The minimum absolute atomic E-state index is 0.0500. The van der Waals surface area contributed by atoms with Crippen molar-refractivity contribution in [2.24, 2.45) is 0 Å². The monoisotopic (exact) mass is 408 g/mol. The molecule has 8 nitrogen and oxygen atoms in total. The Morgan fingerprint density at radius 1 is 1.23 bits per heavy atom. The minimum atomic E-state index is -0.961. The van der Waals surface area contributed by atoms with Gasteiger partial charge in [-0.15, -0.1) is 0 Å². The van der Waals surface area contributed by atoms with Crippen LogP contribution < -0.4 is 10.2 Å². The van der Waals surface area contributed by atoms with E-state index in [1.165, 1.54) is 25.0 Å². The van der Waals surface area contributed by atoms with Gasteiger partial charge in [0.05, 0.1) is 11.9 Å². The minimum Gasteiger partial charge on any atom is -0.368 e. The fourth-order valence-corrected chi connectivity index (χ4v) is 4.21. The first-order valence-corrected chi connectivity index (χ1v) is 10.0. The summed E-state index contributed by atoms with van der Waals surface area (Å²) in [5, 5.41) is 18.2. The SMILES string of the molecule is O=C(CN1c2ncccc2C(O)n2nc(C3CCCC3)cc21)Nc1ccc(F)cn1. The van der Waals surface area contributed by atoms with Gasteiger partial charge in [0.25, 0.3) is 0 Å². The van der Waals surface area contributed by atoms with E-state index in [2.05, 4.69) is 20.4 Å². The van der Waals surface area contributed by atoms with E-state index in [0.717, 1.165) is 24.7 Å². The molecule has 2 aliphatic rings. The third-order valence-corrected chi connectivity index (χ3v) is 5.66.